The third-order valence-electron chi connectivity index (χ3n) is 3.91. The fourth-order valence-corrected chi connectivity index (χ4v) is 2.72. The Bertz CT molecular complexity index is 497. The van der Waals surface area contributed by atoms with Crippen LogP contribution in [0.2, 0.25) is 0 Å². The van der Waals surface area contributed by atoms with E-state index in [9.17, 15) is 4.79 Å². The highest BCUT2D eigenvalue weighted by Gasteiger charge is 2.21. The molecule has 1 aliphatic carbocycles. The summed E-state index contributed by atoms with van der Waals surface area (Å²) in [5, 5.41) is 3.09. The predicted octanol–water partition coefficient (Wildman–Crippen LogP) is 2.48. The van der Waals surface area contributed by atoms with Gasteiger partial charge in [-0.2, -0.15) is 0 Å². The Kier molecular flexibility index (Phi) is 6.07. The molecule has 1 aromatic rings. The maximum Gasteiger partial charge on any atom is 0.251 e. The van der Waals surface area contributed by atoms with E-state index in [-0.39, 0.29) is 18.0 Å². The summed E-state index contributed by atoms with van der Waals surface area (Å²) in [5.41, 5.74) is 6.49. The lowest BCUT2D eigenvalue weighted by atomic mass is 9.91. The van der Waals surface area contributed by atoms with Gasteiger partial charge in [0, 0.05) is 17.6 Å². The van der Waals surface area contributed by atoms with Crippen LogP contribution >= 0.6 is 0 Å². The van der Waals surface area contributed by atoms with Crippen molar-refractivity contribution in [3.8, 4) is 11.5 Å². The summed E-state index contributed by atoms with van der Waals surface area (Å²) in [4.78, 5) is 12.4. The number of nitrogens with two attached hydrogens (primary N) is 1. The van der Waals surface area contributed by atoms with E-state index in [0.29, 0.717) is 30.3 Å². The molecule has 0 aliphatic heterocycles. The minimum absolute atomic E-state index is 0.0653. The second-order valence-electron chi connectivity index (χ2n) is 5.61. The molecule has 0 bridgehead atoms. The molecule has 1 saturated carbocycles. The van der Waals surface area contributed by atoms with Crippen LogP contribution in [0.5, 0.6) is 11.5 Å². The Labute approximate surface area is 132 Å². The fraction of sp³-hybridized carbons (Fsp3) is 0.588. The van der Waals surface area contributed by atoms with Gasteiger partial charge in [0.05, 0.1) is 13.2 Å². The normalized spacial score (nSPS) is 21.2. The molecule has 5 heteroatoms. The quantitative estimate of drug-likeness (QED) is 0.847. The molecule has 3 N–H and O–H groups in total. The van der Waals surface area contributed by atoms with Crippen LogP contribution in [0.1, 0.15) is 49.9 Å². The van der Waals surface area contributed by atoms with Crippen molar-refractivity contribution in [1.82, 2.24) is 5.32 Å². The van der Waals surface area contributed by atoms with Gasteiger partial charge >= 0.3 is 0 Å². The zero-order valence-corrected chi connectivity index (χ0v) is 13.4. The van der Waals surface area contributed by atoms with Crippen LogP contribution in [0.4, 0.5) is 0 Å². The third-order valence-corrected chi connectivity index (χ3v) is 3.91. The predicted molar refractivity (Wildman–Crippen MR) is 86.5 cm³/mol. The first-order chi connectivity index (χ1) is 10.6. The molecule has 1 amide bonds. The van der Waals surface area contributed by atoms with E-state index in [1.54, 1.807) is 18.2 Å². The standard InChI is InChI=1S/C17H26N2O3/c1-3-21-15-10-5-12(11-16(15)22-4-2)17(20)19-14-8-6-13(18)7-9-14/h5,10-11,13-14H,3-4,6-9,18H2,1-2H3,(H,19,20). The molecule has 5 nitrogen and oxygen atoms in total. The van der Waals surface area contributed by atoms with Gasteiger partial charge in [-0.3, -0.25) is 4.79 Å². The lowest BCUT2D eigenvalue weighted by Gasteiger charge is -2.26. The minimum Gasteiger partial charge on any atom is -0.490 e. The summed E-state index contributed by atoms with van der Waals surface area (Å²) < 4.78 is 11.1. The molecule has 0 atom stereocenters. The summed E-state index contributed by atoms with van der Waals surface area (Å²) in [6.45, 7) is 4.93. The number of carbonyl (C=O) groups excluding carboxylic acids is 1. The number of nitrogens with one attached hydrogen (secondary N) is 1. The van der Waals surface area contributed by atoms with Gasteiger partial charge in [0.1, 0.15) is 0 Å². The average Bonchev–Trinajstić information content (AvgIpc) is 2.51. The number of hydrogen-bond acceptors (Lipinski definition) is 4. The molecule has 0 saturated heterocycles. The first-order valence-corrected chi connectivity index (χ1v) is 8.10. The molecule has 122 valence electrons. The van der Waals surface area contributed by atoms with Crippen LogP contribution < -0.4 is 20.5 Å². The van der Waals surface area contributed by atoms with Gasteiger partial charge in [0.2, 0.25) is 0 Å². The van der Waals surface area contributed by atoms with Crippen LogP contribution in [0, 0.1) is 0 Å². The van der Waals surface area contributed by atoms with Crippen molar-refractivity contribution in [2.75, 3.05) is 13.2 Å². The zero-order valence-electron chi connectivity index (χ0n) is 13.4. The van der Waals surface area contributed by atoms with E-state index in [4.69, 9.17) is 15.2 Å². The van der Waals surface area contributed by atoms with Crippen molar-refractivity contribution in [2.24, 2.45) is 5.73 Å². The Morgan fingerprint density at radius 2 is 1.77 bits per heavy atom. The number of ether oxygens (including phenoxy) is 2. The Morgan fingerprint density at radius 1 is 1.14 bits per heavy atom. The van der Waals surface area contributed by atoms with Crippen LogP contribution in [0.15, 0.2) is 18.2 Å². The largest absolute Gasteiger partial charge is 0.490 e. The number of amides is 1. The van der Waals surface area contributed by atoms with Crippen LogP contribution in [-0.2, 0) is 0 Å². The van der Waals surface area contributed by atoms with Gasteiger partial charge in [0.15, 0.2) is 11.5 Å². The van der Waals surface area contributed by atoms with E-state index in [1.807, 2.05) is 13.8 Å². The molecule has 0 heterocycles. The molecule has 1 aliphatic rings. The van der Waals surface area contributed by atoms with Gasteiger partial charge in [-0.05, 0) is 57.7 Å². The maximum absolute atomic E-state index is 12.4. The van der Waals surface area contributed by atoms with Gasteiger partial charge in [-0.25, -0.2) is 0 Å². The zero-order chi connectivity index (χ0) is 15.9. The number of rotatable bonds is 6. The smallest absolute Gasteiger partial charge is 0.251 e. The highest BCUT2D eigenvalue weighted by molar-refractivity contribution is 5.95. The van der Waals surface area contributed by atoms with Crippen LogP contribution in [0.3, 0.4) is 0 Å². The summed E-state index contributed by atoms with van der Waals surface area (Å²) >= 11 is 0. The first kappa shape index (κ1) is 16.6. The highest BCUT2D eigenvalue weighted by Crippen LogP contribution is 2.28. The molecule has 1 fully saturated rings. The van der Waals surface area contributed by atoms with E-state index in [1.165, 1.54) is 0 Å². The molecule has 0 aromatic heterocycles. The third kappa shape index (κ3) is 4.37. The summed E-state index contributed by atoms with van der Waals surface area (Å²) in [6.07, 6.45) is 3.83. The average molecular weight is 306 g/mol. The molecule has 0 unspecified atom stereocenters. The van der Waals surface area contributed by atoms with Gasteiger partial charge in [-0.1, -0.05) is 0 Å². The lowest BCUT2D eigenvalue weighted by Crippen LogP contribution is -2.40. The minimum atomic E-state index is -0.0653. The molecule has 0 radical (unpaired) electrons. The molecule has 1 aromatic carbocycles. The van der Waals surface area contributed by atoms with E-state index >= 15 is 0 Å². The van der Waals surface area contributed by atoms with Gasteiger partial charge in [-0.15, -0.1) is 0 Å². The number of carbonyl (C=O) groups is 1. The Morgan fingerprint density at radius 3 is 2.41 bits per heavy atom. The van der Waals surface area contributed by atoms with Gasteiger partial charge < -0.3 is 20.5 Å². The monoisotopic (exact) mass is 306 g/mol. The maximum atomic E-state index is 12.4. The first-order valence-electron chi connectivity index (χ1n) is 8.10. The van der Waals surface area contributed by atoms with E-state index in [2.05, 4.69) is 5.32 Å². The van der Waals surface area contributed by atoms with Crippen molar-refractivity contribution in [3.63, 3.8) is 0 Å². The Balaban J connectivity index is 2.04. The second-order valence-corrected chi connectivity index (χ2v) is 5.61. The molecular weight excluding hydrogens is 280 g/mol. The van der Waals surface area contributed by atoms with Crippen molar-refractivity contribution >= 4 is 5.91 Å². The summed E-state index contributed by atoms with van der Waals surface area (Å²) in [6, 6.07) is 5.81. The SMILES string of the molecule is CCOc1ccc(C(=O)NC2CCC(N)CC2)cc1OCC. The molecule has 22 heavy (non-hydrogen) atoms. The molecule has 2 rings (SSSR count). The molecule has 0 spiro atoms. The number of benzene rings is 1. The topological polar surface area (TPSA) is 73.6 Å². The van der Waals surface area contributed by atoms with E-state index in [0.717, 1.165) is 25.7 Å². The highest BCUT2D eigenvalue weighted by atomic mass is 16.5. The Hall–Kier alpha value is -1.75. The van der Waals surface area contributed by atoms with E-state index < -0.39 is 0 Å². The fourth-order valence-electron chi connectivity index (χ4n) is 2.72. The van der Waals surface area contributed by atoms with Crippen molar-refractivity contribution in [1.29, 1.82) is 0 Å². The van der Waals surface area contributed by atoms with Crippen molar-refractivity contribution < 1.29 is 14.3 Å². The second kappa shape index (κ2) is 8.03. The lowest BCUT2D eigenvalue weighted by molar-refractivity contribution is 0.0925. The summed E-state index contributed by atoms with van der Waals surface area (Å²) in [7, 11) is 0. The molecular formula is C17H26N2O3. The van der Waals surface area contributed by atoms with Gasteiger partial charge in [0.25, 0.3) is 5.91 Å². The summed E-state index contributed by atoms with van der Waals surface area (Å²) in [5.74, 6) is 1.22. The van der Waals surface area contributed by atoms with Crippen molar-refractivity contribution in [2.45, 2.75) is 51.6 Å². The van der Waals surface area contributed by atoms with Crippen LogP contribution in [-0.4, -0.2) is 31.2 Å². The number of hydrogen-bond donors (Lipinski definition) is 2. The van der Waals surface area contributed by atoms with Crippen molar-refractivity contribution in [3.05, 3.63) is 23.8 Å². The van der Waals surface area contributed by atoms with Crippen LogP contribution in [0.25, 0.3) is 0 Å².